The lowest BCUT2D eigenvalue weighted by Gasteiger charge is -2.17. The fourth-order valence-electron chi connectivity index (χ4n) is 3.56. The van der Waals surface area contributed by atoms with Crippen LogP contribution >= 0.6 is 0 Å². The van der Waals surface area contributed by atoms with Crippen molar-refractivity contribution >= 4 is 17.9 Å². The zero-order valence-electron chi connectivity index (χ0n) is 17.1. The van der Waals surface area contributed by atoms with Gasteiger partial charge in [-0.2, -0.15) is 0 Å². The van der Waals surface area contributed by atoms with E-state index >= 15 is 0 Å². The molecule has 8 heteroatoms. The van der Waals surface area contributed by atoms with Gasteiger partial charge in [-0.25, -0.2) is 9.59 Å². The van der Waals surface area contributed by atoms with Crippen LogP contribution in [-0.2, 0) is 23.7 Å². The monoisotopic (exact) mass is 426 g/mol. The molecular weight excluding hydrogens is 404 g/mol. The Morgan fingerprint density at radius 3 is 1.68 bits per heavy atom. The summed E-state index contributed by atoms with van der Waals surface area (Å²) in [5.41, 5.74) is 1.80. The van der Waals surface area contributed by atoms with Gasteiger partial charge in [0.25, 0.3) is 0 Å². The highest BCUT2D eigenvalue weighted by Crippen LogP contribution is 2.31. The van der Waals surface area contributed by atoms with Crippen molar-refractivity contribution in [2.24, 2.45) is 0 Å². The fraction of sp³-hybridized carbons (Fsp3) is 0.348. The van der Waals surface area contributed by atoms with Gasteiger partial charge in [0.1, 0.15) is 18.0 Å². The van der Waals surface area contributed by atoms with E-state index in [4.69, 9.17) is 23.7 Å². The number of benzene rings is 2. The molecule has 162 valence electrons. The Bertz CT molecular complexity index is 966. The van der Waals surface area contributed by atoms with Crippen LogP contribution in [0.5, 0.6) is 5.75 Å². The minimum atomic E-state index is -0.617. The summed E-state index contributed by atoms with van der Waals surface area (Å²) in [6.45, 7) is 3.54. The normalized spacial score (nSPS) is 24.3. The first-order valence-corrected chi connectivity index (χ1v) is 9.91. The van der Waals surface area contributed by atoms with Crippen LogP contribution in [0.3, 0.4) is 0 Å². The molecule has 0 aliphatic carbocycles. The number of rotatable bonds is 5. The lowest BCUT2D eigenvalue weighted by Crippen LogP contribution is -2.36. The minimum absolute atomic E-state index is 0.144. The van der Waals surface area contributed by atoms with Gasteiger partial charge in [0.15, 0.2) is 12.2 Å². The Kier molecular flexibility index (Phi) is 6.01. The van der Waals surface area contributed by atoms with Crippen LogP contribution < -0.4 is 4.74 Å². The third kappa shape index (κ3) is 4.76. The second kappa shape index (κ2) is 8.87. The van der Waals surface area contributed by atoms with Crippen molar-refractivity contribution in [3.05, 3.63) is 65.2 Å². The molecule has 0 aromatic heterocycles. The van der Waals surface area contributed by atoms with Crippen LogP contribution in [0.4, 0.5) is 0 Å². The summed E-state index contributed by atoms with van der Waals surface area (Å²) in [5.74, 6) is -1.11. The second-order valence-corrected chi connectivity index (χ2v) is 7.47. The van der Waals surface area contributed by atoms with Gasteiger partial charge >= 0.3 is 17.9 Å². The molecule has 2 aliphatic heterocycles. The molecule has 2 heterocycles. The van der Waals surface area contributed by atoms with E-state index in [0.717, 1.165) is 5.56 Å². The van der Waals surface area contributed by atoms with Crippen molar-refractivity contribution in [2.45, 2.75) is 38.3 Å². The van der Waals surface area contributed by atoms with E-state index in [2.05, 4.69) is 0 Å². The van der Waals surface area contributed by atoms with Crippen LogP contribution in [0.15, 0.2) is 48.5 Å². The zero-order chi connectivity index (χ0) is 22.0. The van der Waals surface area contributed by atoms with Gasteiger partial charge in [-0.1, -0.05) is 17.7 Å². The second-order valence-electron chi connectivity index (χ2n) is 7.47. The number of hydrogen-bond donors (Lipinski definition) is 0. The molecule has 0 amide bonds. The standard InChI is InChI=1S/C23H22O8/c1-13-3-5-15(6-4-13)22(25)30-18-11-27-21-19(12-28-20(18)21)31-23(26)16-7-9-17(10-8-16)29-14(2)24/h3-10,18-21H,11-12H2,1-2H3/t18-,19-,20-,21-/m1/s1. The lowest BCUT2D eigenvalue weighted by atomic mass is 10.1. The maximum atomic E-state index is 12.5. The molecule has 0 unspecified atom stereocenters. The molecule has 0 spiro atoms. The summed E-state index contributed by atoms with van der Waals surface area (Å²) in [6.07, 6.45) is -2.21. The van der Waals surface area contributed by atoms with Gasteiger partial charge in [-0.05, 0) is 43.3 Å². The topological polar surface area (TPSA) is 97.4 Å². The van der Waals surface area contributed by atoms with Crippen molar-refractivity contribution in [1.82, 2.24) is 0 Å². The molecule has 0 N–H and O–H groups in total. The molecule has 2 fully saturated rings. The quantitative estimate of drug-likeness (QED) is 0.531. The predicted molar refractivity (Wildman–Crippen MR) is 107 cm³/mol. The largest absolute Gasteiger partial charge is 0.453 e. The Labute approximate surface area is 179 Å². The van der Waals surface area contributed by atoms with Crippen LogP contribution in [0, 0.1) is 6.92 Å². The van der Waals surface area contributed by atoms with E-state index in [1.807, 2.05) is 19.1 Å². The molecule has 4 rings (SSSR count). The van der Waals surface area contributed by atoms with Crippen LogP contribution in [-0.4, -0.2) is 55.5 Å². The van der Waals surface area contributed by atoms with Crippen LogP contribution in [0.1, 0.15) is 33.2 Å². The smallest absolute Gasteiger partial charge is 0.338 e. The molecule has 0 radical (unpaired) electrons. The fourth-order valence-corrected chi connectivity index (χ4v) is 3.56. The number of esters is 3. The molecule has 4 atom stereocenters. The van der Waals surface area contributed by atoms with E-state index in [9.17, 15) is 14.4 Å². The first-order chi connectivity index (χ1) is 14.9. The predicted octanol–water partition coefficient (Wildman–Crippen LogP) is 2.47. The zero-order valence-corrected chi connectivity index (χ0v) is 17.1. The van der Waals surface area contributed by atoms with Crippen molar-refractivity contribution in [2.75, 3.05) is 13.2 Å². The maximum absolute atomic E-state index is 12.5. The van der Waals surface area contributed by atoms with Gasteiger partial charge in [-0.3, -0.25) is 4.79 Å². The highest BCUT2D eigenvalue weighted by Gasteiger charge is 2.51. The van der Waals surface area contributed by atoms with E-state index < -0.39 is 42.3 Å². The molecule has 31 heavy (non-hydrogen) atoms. The lowest BCUT2D eigenvalue weighted by molar-refractivity contribution is -0.131. The molecule has 0 bridgehead atoms. The molecule has 8 nitrogen and oxygen atoms in total. The Morgan fingerprint density at radius 2 is 1.23 bits per heavy atom. The molecule has 2 aliphatic rings. The number of hydrogen-bond acceptors (Lipinski definition) is 8. The maximum Gasteiger partial charge on any atom is 0.338 e. The Morgan fingerprint density at radius 1 is 0.774 bits per heavy atom. The molecular formula is C23H22O8. The third-order valence-corrected chi connectivity index (χ3v) is 5.12. The minimum Gasteiger partial charge on any atom is -0.453 e. The van der Waals surface area contributed by atoms with Gasteiger partial charge in [0.2, 0.25) is 0 Å². The Balaban J connectivity index is 1.33. The van der Waals surface area contributed by atoms with Crippen molar-refractivity contribution < 1.29 is 38.1 Å². The van der Waals surface area contributed by atoms with Gasteiger partial charge in [-0.15, -0.1) is 0 Å². The molecule has 2 saturated heterocycles. The number of carbonyl (C=O) groups excluding carboxylic acids is 3. The highest BCUT2D eigenvalue weighted by molar-refractivity contribution is 5.90. The van der Waals surface area contributed by atoms with Crippen molar-refractivity contribution in [1.29, 1.82) is 0 Å². The highest BCUT2D eigenvalue weighted by atomic mass is 16.7. The van der Waals surface area contributed by atoms with E-state index in [1.165, 1.54) is 31.2 Å². The van der Waals surface area contributed by atoms with Gasteiger partial charge < -0.3 is 23.7 Å². The summed E-state index contributed by atoms with van der Waals surface area (Å²) in [5, 5.41) is 0. The summed E-state index contributed by atoms with van der Waals surface area (Å²) < 4.78 is 27.5. The number of fused-ring (bicyclic) bond motifs is 1. The first-order valence-electron chi connectivity index (χ1n) is 9.91. The van der Waals surface area contributed by atoms with E-state index in [0.29, 0.717) is 16.9 Å². The van der Waals surface area contributed by atoms with Crippen LogP contribution in [0.25, 0.3) is 0 Å². The van der Waals surface area contributed by atoms with Gasteiger partial charge in [0.05, 0.1) is 24.3 Å². The van der Waals surface area contributed by atoms with E-state index in [1.54, 1.807) is 12.1 Å². The van der Waals surface area contributed by atoms with Crippen LogP contribution in [0.2, 0.25) is 0 Å². The summed E-state index contributed by atoms with van der Waals surface area (Å²) in [6, 6.07) is 13.1. The van der Waals surface area contributed by atoms with Crippen molar-refractivity contribution in [3.8, 4) is 5.75 Å². The number of ether oxygens (including phenoxy) is 5. The summed E-state index contributed by atoms with van der Waals surface area (Å²) >= 11 is 0. The number of carbonyl (C=O) groups is 3. The first kappa shape index (κ1) is 21.0. The molecule has 0 saturated carbocycles. The average Bonchev–Trinajstić information content (AvgIpc) is 3.32. The molecule has 2 aromatic rings. The average molecular weight is 426 g/mol. The van der Waals surface area contributed by atoms with E-state index in [-0.39, 0.29) is 13.2 Å². The Hall–Kier alpha value is -3.23. The number of aryl methyl sites for hydroxylation is 1. The van der Waals surface area contributed by atoms with Gasteiger partial charge in [0, 0.05) is 6.92 Å². The molecule has 2 aromatic carbocycles. The third-order valence-electron chi connectivity index (χ3n) is 5.12. The summed E-state index contributed by atoms with van der Waals surface area (Å²) in [7, 11) is 0. The summed E-state index contributed by atoms with van der Waals surface area (Å²) in [4.78, 5) is 35.8. The SMILES string of the molecule is CC(=O)Oc1ccc(C(=O)O[C@@H]2CO[C@H]3[C@@H]2OC[C@H]3OC(=O)c2ccc(C)cc2)cc1. The van der Waals surface area contributed by atoms with Crippen molar-refractivity contribution in [3.63, 3.8) is 0 Å².